The average molecular weight is 345 g/mol. The lowest BCUT2D eigenvalue weighted by molar-refractivity contribution is -0.181. The van der Waals surface area contributed by atoms with Crippen molar-refractivity contribution in [1.29, 1.82) is 0 Å². The molecule has 0 spiro atoms. The maximum atomic E-state index is 12.0. The van der Waals surface area contributed by atoms with Crippen LogP contribution in [-0.2, 0) is 38.1 Å². The van der Waals surface area contributed by atoms with Crippen LogP contribution in [0, 0.1) is 0 Å². The van der Waals surface area contributed by atoms with E-state index in [0.717, 1.165) is 12.8 Å². The number of esters is 3. The maximum Gasteiger partial charge on any atom is 0.347 e. The van der Waals surface area contributed by atoms with Crippen LogP contribution in [0.15, 0.2) is 0 Å². The molecule has 0 heterocycles. The zero-order valence-electron chi connectivity index (χ0n) is 14.7. The second-order valence-electron chi connectivity index (χ2n) is 5.41. The van der Waals surface area contributed by atoms with Gasteiger partial charge in [-0.25, -0.2) is 20.7 Å². The van der Waals surface area contributed by atoms with E-state index in [1.165, 1.54) is 20.1 Å². The maximum absolute atomic E-state index is 12.0. The predicted molar refractivity (Wildman–Crippen MR) is 82.7 cm³/mol. The Balaban J connectivity index is 4.35. The molecule has 0 fully saturated rings. The Kier molecular flexibility index (Phi) is 9.87. The van der Waals surface area contributed by atoms with E-state index < -0.39 is 48.9 Å². The monoisotopic (exact) mass is 345 g/mol. The summed E-state index contributed by atoms with van der Waals surface area (Å²) in [4.78, 5) is 44.6. The molecule has 0 saturated carbocycles. The van der Waals surface area contributed by atoms with Crippen LogP contribution in [-0.4, -0.2) is 55.2 Å². The van der Waals surface area contributed by atoms with E-state index in [4.69, 9.17) is 9.47 Å². The lowest BCUT2D eigenvalue weighted by Gasteiger charge is -2.30. The van der Waals surface area contributed by atoms with E-state index in [1.54, 1.807) is 0 Å². The summed E-state index contributed by atoms with van der Waals surface area (Å²) in [6.07, 6.45) is 0.747. The van der Waals surface area contributed by atoms with Crippen LogP contribution >= 0.6 is 0 Å². The molecule has 0 aliphatic carbocycles. The molecule has 2 unspecified atom stereocenters. The quantitative estimate of drug-likeness (QED) is 0.311. The van der Waals surface area contributed by atoms with E-state index in [9.17, 15) is 19.2 Å². The van der Waals surface area contributed by atoms with Crippen LogP contribution < -0.4 is 0 Å². The summed E-state index contributed by atoms with van der Waals surface area (Å²) < 4.78 is 19.6. The predicted octanol–water partition coefficient (Wildman–Crippen LogP) is 1.10. The van der Waals surface area contributed by atoms with Gasteiger partial charge in [-0.15, -0.1) is 0 Å². The summed E-state index contributed by atoms with van der Waals surface area (Å²) in [6, 6.07) is 0. The minimum Gasteiger partial charge on any atom is -0.539 e. The molecule has 0 aromatic heterocycles. The first-order chi connectivity index (χ1) is 11.2. The van der Waals surface area contributed by atoms with Gasteiger partial charge in [-0.3, -0.25) is 0 Å². The third kappa shape index (κ3) is 8.05. The Labute approximate surface area is 141 Å². The molecule has 0 N–H and O–H groups in total. The van der Waals surface area contributed by atoms with Crippen molar-refractivity contribution in [1.82, 2.24) is 0 Å². The summed E-state index contributed by atoms with van der Waals surface area (Å²) in [5, 5.41) is 0. The minimum absolute atomic E-state index is 0.457. The van der Waals surface area contributed by atoms with Crippen LogP contribution in [0.25, 0.3) is 0 Å². The van der Waals surface area contributed by atoms with Gasteiger partial charge in [0.1, 0.15) is 0 Å². The fraction of sp³-hybridized carbons (Fsp3) is 0.750. The highest BCUT2D eigenvalue weighted by atomic mass is 16.6. The Bertz CT molecular complexity index is 441. The van der Waals surface area contributed by atoms with Crippen molar-refractivity contribution >= 4 is 24.2 Å². The minimum atomic E-state index is -1.21. The molecule has 8 nitrogen and oxygen atoms in total. The summed E-state index contributed by atoms with van der Waals surface area (Å²) in [5.74, 6) is -2.51. The van der Waals surface area contributed by atoms with Gasteiger partial charge in [0, 0.05) is 0 Å². The Hall–Kier alpha value is -1.96. The number of ether oxygens (including phenoxy) is 4. The third-order valence-electron chi connectivity index (χ3n) is 3.54. The van der Waals surface area contributed by atoms with Crippen LogP contribution in [0.3, 0.4) is 0 Å². The Morgan fingerprint density at radius 1 is 1.00 bits per heavy atom. The van der Waals surface area contributed by atoms with Crippen molar-refractivity contribution in [3.05, 3.63) is 0 Å². The van der Waals surface area contributed by atoms with Crippen LogP contribution in [0.2, 0.25) is 0 Å². The second-order valence-corrected chi connectivity index (χ2v) is 5.41. The van der Waals surface area contributed by atoms with Crippen molar-refractivity contribution in [3.8, 4) is 0 Å². The molecule has 0 saturated heterocycles. The number of hydrogen-bond acceptors (Lipinski definition) is 8. The molecule has 0 amide bonds. The first-order valence-corrected chi connectivity index (χ1v) is 7.74. The van der Waals surface area contributed by atoms with Crippen molar-refractivity contribution in [2.24, 2.45) is 0 Å². The smallest absolute Gasteiger partial charge is 0.347 e. The van der Waals surface area contributed by atoms with Crippen molar-refractivity contribution in [2.45, 2.75) is 65.3 Å². The van der Waals surface area contributed by atoms with Gasteiger partial charge in [-0.1, -0.05) is 13.8 Å². The number of rotatable bonds is 11. The van der Waals surface area contributed by atoms with Crippen LogP contribution in [0.1, 0.15) is 47.5 Å². The normalized spacial score (nSPS) is 13.5. The largest absolute Gasteiger partial charge is 0.539 e. The molecule has 0 aromatic rings. The summed E-state index contributed by atoms with van der Waals surface area (Å²) in [5.41, 5.74) is -0.457. The topological polar surface area (TPSA) is 105 Å². The van der Waals surface area contributed by atoms with Gasteiger partial charge in [0.2, 0.25) is 0 Å². The van der Waals surface area contributed by atoms with Gasteiger partial charge in [-0.05, 0) is 40.2 Å². The molecule has 0 aliphatic heterocycles. The zero-order valence-corrected chi connectivity index (χ0v) is 14.7. The van der Waals surface area contributed by atoms with Crippen molar-refractivity contribution in [3.63, 3.8) is 0 Å². The second kappa shape index (κ2) is 10.7. The molecule has 0 aliphatic rings. The molecular formula is C16H25O8-. The van der Waals surface area contributed by atoms with Gasteiger partial charge in [0.15, 0.2) is 18.8 Å². The lowest BCUT2D eigenvalue weighted by atomic mass is 10.00. The molecule has 138 valence electrons. The molecule has 0 rings (SSSR count). The first kappa shape index (κ1) is 22.0. The van der Waals surface area contributed by atoms with Gasteiger partial charge in [0.05, 0.1) is 5.60 Å². The van der Waals surface area contributed by atoms with E-state index in [-0.39, 0.29) is 0 Å². The Morgan fingerprint density at radius 2 is 1.58 bits per heavy atom. The fourth-order valence-corrected chi connectivity index (χ4v) is 1.61. The number of carbonyl (C=O) groups is 3. The first-order valence-electron chi connectivity index (χ1n) is 7.74. The van der Waals surface area contributed by atoms with Crippen molar-refractivity contribution < 1.29 is 38.1 Å². The van der Waals surface area contributed by atoms with E-state index in [1.807, 2.05) is 20.8 Å². The van der Waals surface area contributed by atoms with Crippen molar-refractivity contribution in [2.75, 3.05) is 13.2 Å². The SMILES string of the molecule is CCC(C)(CC)OC(C)C(=O)OC(C)C(=O)OCC(=O)OC[C-]=O. The highest BCUT2D eigenvalue weighted by Gasteiger charge is 2.30. The highest BCUT2D eigenvalue weighted by molar-refractivity contribution is 5.82. The number of hydrogen-bond donors (Lipinski definition) is 0. The van der Waals surface area contributed by atoms with Gasteiger partial charge < -0.3 is 23.7 Å². The summed E-state index contributed by atoms with van der Waals surface area (Å²) >= 11 is 0. The molecule has 0 radical (unpaired) electrons. The average Bonchev–Trinajstić information content (AvgIpc) is 2.57. The van der Waals surface area contributed by atoms with E-state index >= 15 is 0 Å². The third-order valence-corrected chi connectivity index (χ3v) is 3.54. The number of carbonyl (C=O) groups excluding carboxylic acids is 4. The molecule has 0 aromatic carbocycles. The molecule has 2 atom stereocenters. The summed E-state index contributed by atoms with van der Waals surface area (Å²) in [6.45, 7) is 7.41. The lowest BCUT2D eigenvalue weighted by Crippen LogP contribution is -2.38. The zero-order chi connectivity index (χ0) is 18.8. The van der Waals surface area contributed by atoms with Gasteiger partial charge in [-0.2, -0.15) is 0 Å². The highest BCUT2D eigenvalue weighted by Crippen LogP contribution is 2.22. The molecular weight excluding hydrogens is 320 g/mol. The summed E-state index contributed by atoms with van der Waals surface area (Å²) in [7, 11) is 0. The van der Waals surface area contributed by atoms with Crippen LogP contribution in [0.5, 0.6) is 0 Å². The molecule has 24 heavy (non-hydrogen) atoms. The van der Waals surface area contributed by atoms with E-state index in [2.05, 4.69) is 9.47 Å². The fourth-order valence-electron chi connectivity index (χ4n) is 1.61. The van der Waals surface area contributed by atoms with Gasteiger partial charge >= 0.3 is 17.9 Å². The molecule has 0 bridgehead atoms. The van der Waals surface area contributed by atoms with E-state index in [0.29, 0.717) is 0 Å². The molecule has 8 heteroatoms. The van der Waals surface area contributed by atoms with Gasteiger partial charge in [0.25, 0.3) is 0 Å². The Morgan fingerprint density at radius 3 is 2.08 bits per heavy atom. The standard InChI is InChI=1S/C16H25O8/c1-6-16(5,7-2)24-12(4)15(20)23-11(3)14(19)22-10-13(18)21-9-8-17/h11-12H,6-7,9-10H2,1-5H3/q-1. The van der Waals surface area contributed by atoms with Crippen LogP contribution in [0.4, 0.5) is 0 Å².